The van der Waals surface area contributed by atoms with Crippen molar-refractivity contribution in [1.29, 1.82) is 0 Å². The Morgan fingerprint density at radius 1 is 0.884 bits per heavy atom. The van der Waals surface area contributed by atoms with E-state index < -0.39 is 0 Å². The van der Waals surface area contributed by atoms with Crippen molar-refractivity contribution < 1.29 is 14.3 Å². The SMILES string of the molecule is Cc1ccc2cccc(OCc3c(Cl)ccc(N(C)C(=O)Cc4ccccc4NC(=O)NCc4ccccc4)c3Cl)c2n1. The van der Waals surface area contributed by atoms with Crippen LogP contribution in [0.5, 0.6) is 5.75 Å². The fourth-order valence-electron chi connectivity index (χ4n) is 4.62. The van der Waals surface area contributed by atoms with E-state index in [9.17, 15) is 9.59 Å². The summed E-state index contributed by atoms with van der Waals surface area (Å²) < 4.78 is 6.13. The van der Waals surface area contributed by atoms with Crippen molar-refractivity contribution in [2.75, 3.05) is 17.3 Å². The van der Waals surface area contributed by atoms with Crippen LogP contribution in [0.3, 0.4) is 0 Å². The van der Waals surface area contributed by atoms with Gasteiger partial charge in [-0.15, -0.1) is 0 Å². The molecule has 0 saturated heterocycles. The average Bonchev–Trinajstić information content (AvgIpc) is 3.01. The zero-order chi connectivity index (χ0) is 30.3. The van der Waals surface area contributed by atoms with Gasteiger partial charge in [0.25, 0.3) is 0 Å². The molecule has 0 aliphatic rings. The van der Waals surface area contributed by atoms with E-state index >= 15 is 0 Å². The lowest BCUT2D eigenvalue weighted by Crippen LogP contribution is -2.30. The molecule has 0 fully saturated rings. The Balaban J connectivity index is 1.28. The number of carbonyl (C=O) groups is 2. The zero-order valence-electron chi connectivity index (χ0n) is 23.7. The number of carbonyl (C=O) groups excluding carboxylic acids is 2. The van der Waals surface area contributed by atoms with Gasteiger partial charge in [0.05, 0.1) is 17.1 Å². The van der Waals surface area contributed by atoms with Gasteiger partial charge in [0.1, 0.15) is 17.9 Å². The molecule has 0 unspecified atom stereocenters. The molecule has 2 N–H and O–H groups in total. The van der Waals surface area contributed by atoms with Crippen LogP contribution in [0, 0.1) is 6.92 Å². The van der Waals surface area contributed by atoms with E-state index in [1.165, 1.54) is 4.90 Å². The highest BCUT2D eigenvalue weighted by Gasteiger charge is 2.20. The summed E-state index contributed by atoms with van der Waals surface area (Å²) in [5.41, 5.74) is 4.88. The maximum Gasteiger partial charge on any atom is 0.319 e. The van der Waals surface area contributed by atoms with Gasteiger partial charge in [0.2, 0.25) is 5.91 Å². The maximum atomic E-state index is 13.4. The first-order chi connectivity index (χ1) is 20.8. The number of halogens is 2. The second-order valence-electron chi connectivity index (χ2n) is 10.0. The number of hydrogen-bond acceptors (Lipinski definition) is 4. The predicted octanol–water partition coefficient (Wildman–Crippen LogP) is 7.96. The van der Waals surface area contributed by atoms with E-state index in [4.69, 9.17) is 27.9 Å². The van der Waals surface area contributed by atoms with Crippen LogP contribution in [-0.4, -0.2) is 24.0 Å². The topological polar surface area (TPSA) is 83.6 Å². The number of ether oxygens (including phenoxy) is 1. The van der Waals surface area contributed by atoms with Crippen molar-refractivity contribution in [3.63, 3.8) is 0 Å². The number of fused-ring (bicyclic) bond motifs is 1. The van der Waals surface area contributed by atoms with Crippen LogP contribution in [-0.2, 0) is 24.4 Å². The number of nitrogens with zero attached hydrogens (tertiary/aromatic N) is 2. The summed E-state index contributed by atoms with van der Waals surface area (Å²) in [6.45, 7) is 2.40. The van der Waals surface area contributed by atoms with Crippen molar-refractivity contribution in [3.8, 4) is 5.75 Å². The molecule has 218 valence electrons. The second kappa shape index (κ2) is 13.6. The molecule has 1 heterocycles. The fourth-order valence-corrected chi connectivity index (χ4v) is 5.22. The molecule has 0 aliphatic carbocycles. The lowest BCUT2D eigenvalue weighted by Gasteiger charge is -2.22. The van der Waals surface area contributed by atoms with Crippen LogP contribution < -0.4 is 20.3 Å². The van der Waals surface area contributed by atoms with Crippen molar-refractivity contribution in [1.82, 2.24) is 10.3 Å². The number of nitrogens with one attached hydrogen (secondary N) is 2. The Labute approximate surface area is 260 Å². The van der Waals surface area contributed by atoms with Crippen LogP contribution in [0.25, 0.3) is 10.9 Å². The molecule has 5 aromatic rings. The molecule has 4 aromatic carbocycles. The number of pyridine rings is 1. The van der Waals surface area contributed by atoms with Gasteiger partial charge in [-0.3, -0.25) is 4.79 Å². The standard InChI is InChI=1S/C34H30Cl2N4O3/c1-22-15-16-24-12-8-14-30(33(24)38-22)43-21-26-27(35)17-18-29(32(26)36)40(2)31(41)19-25-11-6-7-13-28(25)39-34(42)37-20-23-9-4-3-5-10-23/h3-18H,19-21H2,1-2H3,(H2,37,39,42). The summed E-state index contributed by atoms with van der Waals surface area (Å²) >= 11 is 13.3. The van der Waals surface area contributed by atoms with Gasteiger partial charge in [-0.1, -0.05) is 89.9 Å². The molecule has 1 aromatic heterocycles. The number of aromatic nitrogens is 1. The number of benzene rings is 4. The third-order valence-corrected chi connectivity index (χ3v) is 7.77. The Kier molecular flexibility index (Phi) is 9.45. The Morgan fingerprint density at radius 2 is 1.65 bits per heavy atom. The van der Waals surface area contributed by atoms with Gasteiger partial charge in [0, 0.05) is 40.9 Å². The van der Waals surface area contributed by atoms with Gasteiger partial charge in [-0.25, -0.2) is 9.78 Å². The fraction of sp³-hybridized carbons (Fsp3) is 0.147. The largest absolute Gasteiger partial charge is 0.487 e. The van der Waals surface area contributed by atoms with Gasteiger partial charge < -0.3 is 20.3 Å². The van der Waals surface area contributed by atoms with E-state index in [2.05, 4.69) is 15.6 Å². The quantitative estimate of drug-likeness (QED) is 0.177. The number of aryl methyl sites for hydroxylation is 1. The van der Waals surface area contributed by atoms with E-state index in [-0.39, 0.29) is 25.0 Å². The third-order valence-electron chi connectivity index (χ3n) is 7.00. The van der Waals surface area contributed by atoms with Crippen LogP contribution in [0.15, 0.2) is 97.1 Å². The molecule has 0 bridgehead atoms. The minimum Gasteiger partial charge on any atom is -0.487 e. The number of amides is 3. The Hall–Kier alpha value is -4.59. The maximum absolute atomic E-state index is 13.4. The Bertz CT molecular complexity index is 1780. The molecule has 0 spiro atoms. The van der Waals surface area contributed by atoms with Gasteiger partial charge in [0.15, 0.2) is 0 Å². The first kappa shape index (κ1) is 29.9. The normalized spacial score (nSPS) is 10.8. The summed E-state index contributed by atoms with van der Waals surface area (Å²) in [4.78, 5) is 32.1. The summed E-state index contributed by atoms with van der Waals surface area (Å²) in [5, 5.41) is 7.40. The van der Waals surface area contributed by atoms with E-state index in [1.807, 2.05) is 73.7 Å². The summed E-state index contributed by atoms with van der Waals surface area (Å²) in [7, 11) is 1.65. The molecule has 0 saturated carbocycles. The Morgan fingerprint density at radius 3 is 2.47 bits per heavy atom. The highest BCUT2D eigenvalue weighted by atomic mass is 35.5. The molecule has 9 heteroatoms. The minimum absolute atomic E-state index is 0.0391. The lowest BCUT2D eigenvalue weighted by molar-refractivity contribution is -0.117. The molecular weight excluding hydrogens is 583 g/mol. The number of urea groups is 1. The predicted molar refractivity (Wildman–Crippen MR) is 173 cm³/mol. The lowest BCUT2D eigenvalue weighted by atomic mass is 10.1. The molecule has 0 aliphatic heterocycles. The van der Waals surface area contributed by atoms with Gasteiger partial charge in [-0.05, 0) is 48.4 Å². The molecule has 0 atom stereocenters. The van der Waals surface area contributed by atoms with Crippen LogP contribution in [0.4, 0.5) is 16.2 Å². The first-order valence-corrected chi connectivity index (χ1v) is 14.4. The van der Waals surface area contributed by atoms with Crippen molar-refractivity contribution in [2.24, 2.45) is 0 Å². The van der Waals surface area contributed by atoms with Gasteiger partial charge >= 0.3 is 6.03 Å². The van der Waals surface area contributed by atoms with Crippen LogP contribution >= 0.6 is 23.2 Å². The summed E-state index contributed by atoms with van der Waals surface area (Å²) in [6, 6.07) is 29.5. The smallest absolute Gasteiger partial charge is 0.319 e. The zero-order valence-corrected chi connectivity index (χ0v) is 25.2. The number of likely N-dealkylation sites (N-methyl/N-ethyl adjacent to an activating group) is 1. The summed E-state index contributed by atoms with van der Waals surface area (Å²) in [5.74, 6) is 0.392. The molecule has 3 amide bonds. The molecule has 7 nitrogen and oxygen atoms in total. The number of rotatable bonds is 9. The number of anilines is 2. The molecule has 43 heavy (non-hydrogen) atoms. The number of para-hydroxylation sites is 2. The summed E-state index contributed by atoms with van der Waals surface area (Å²) in [6.07, 6.45) is 0.0391. The molecule has 0 radical (unpaired) electrons. The van der Waals surface area contributed by atoms with Crippen LogP contribution in [0.2, 0.25) is 10.0 Å². The third kappa shape index (κ3) is 7.25. The molecule has 5 rings (SSSR count). The van der Waals surface area contributed by atoms with E-state index in [0.717, 1.165) is 22.2 Å². The van der Waals surface area contributed by atoms with Crippen molar-refractivity contribution in [2.45, 2.75) is 26.5 Å². The number of hydrogen-bond donors (Lipinski definition) is 2. The second-order valence-corrected chi connectivity index (χ2v) is 10.8. The highest BCUT2D eigenvalue weighted by Crippen LogP contribution is 2.35. The monoisotopic (exact) mass is 612 g/mol. The van der Waals surface area contributed by atoms with Crippen molar-refractivity contribution in [3.05, 3.63) is 129 Å². The van der Waals surface area contributed by atoms with Crippen LogP contribution in [0.1, 0.15) is 22.4 Å². The molecular formula is C34H30Cl2N4O3. The van der Waals surface area contributed by atoms with Gasteiger partial charge in [-0.2, -0.15) is 0 Å². The average molecular weight is 614 g/mol. The highest BCUT2D eigenvalue weighted by molar-refractivity contribution is 6.38. The minimum atomic E-state index is -0.362. The van der Waals surface area contributed by atoms with Crippen molar-refractivity contribution >= 4 is 57.4 Å². The first-order valence-electron chi connectivity index (χ1n) is 13.7. The van der Waals surface area contributed by atoms with E-state index in [1.54, 1.807) is 37.4 Å². The van der Waals surface area contributed by atoms with E-state index in [0.29, 0.717) is 44.8 Å².